The molecule has 1 aromatic carbocycles. The number of carbonyl (C=O) groups is 1. The molecule has 1 atom stereocenters. The van der Waals surface area contributed by atoms with Gasteiger partial charge in [0, 0.05) is 24.3 Å². The van der Waals surface area contributed by atoms with E-state index in [1.807, 2.05) is 45.2 Å². The normalized spacial score (nSPS) is 18.1. The van der Waals surface area contributed by atoms with E-state index in [-0.39, 0.29) is 17.6 Å². The minimum Gasteiger partial charge on any atom is -0.480 e. The maximum Gasteiger partial charge on any atom is 0.264 e. The van der Waals surface area contributed by atoms with Crippen molar-refractivity contribution in [2.24, 2.45) is 0 Å². The van der Waals surface area contributed by atoms with Crippen LogP contribution in [0.2, 0.25) is 0 Å². The molecule has 4 heteroatoms. The van der Waals surface area contributed by atoms with Crippen molar-refractivity contribution >= 4 is 21.8 Å². The summed E-state index contributed by atoms with van der Waals surface area (Å²) in [6, 6.07) is 7.83. The van der Waals surface area contributed by atoms with Crippen LogP contribution in [0.25, 0.3) is 0 Å². The van der Waals surface area contributed by atoms with Gasteiger partial charge in [0.15, 0.2) is 6.10 Å². The van der Waals surface area contributed by atoms with Gasteiger partial charge in [-0.3, -0.25) is 4.79 Å². The highest BCUT2D eigenvalue weighted by Crippen LogP contribution is 2.30. The standard InChI is InChI=1S/C14H18BrNO2/c1-14(2,9-15)16(3)13(17)12-8-10-6-4-5-7-11(10)18-12/h4-7,12H,8-9H2,1-3H3. The third-order valence-electron chi connectivity index (χ3n) is 3.49. The molecule has 18 heavy (non-hydrogen) atoms. The number of para-hydroxylation sites is 1. The Bertz CT molecular complexity index is 434. The van der Waals surface area contributed by atoms with Crippen molar-refractivity contribution in [1.29, 1.82) is 0 Å². The third kappa shape index (κ3) is 2.39. The van der Waals surface area contributed by atoms with E-state index < -0.39 is 0 Å². The van der Waals surface area contributed by atoms with Gasteiger partial charge in [0.2, 0.25) is 0 Å². The number of hydrogen-bond donors (Lipinski definition) is 0. The molecule has 0 saturated carbocycles. The van der Waals surface area contributed by atoms with Crippen LogP contribution in [0.3, 0.4) is 0 Å². The number of carbonyl (C=O) groups excluding carboxylic acids is 1. The number of likely N-dealkylation sites (N-methyl/N-ethyl adjacent to an activating group) is 1. The number of rotatable bonds is 3. The van der Waals surface area contributed by atoms with Crippen molar-refractivity contribution in [2.45, 2.75) is 31.9 Å². The predicted molar refractivity (Wildman–Crippen MR) is 75.2 cm³/mol. The average Bonchev–Trinajstić information content (AvgIpc) is 2.80. The van der Waals surface area contributed by atoms with Crippen LogP contribution in [0.4, 0.5) is 0 Å². The second-order valence-corrected chi connectivity index (χ2v) is 5.82. The molecular formula is C14H18BrNO2. The van der Waals surface area contributed by atoms with E-state index in [4.69, 9.17) is 4.74 Å². The van der Waals surface area contributed by atoms with Crippen molar-refractivity contribution in [3.8, 4) is 5.75 Å². The lowest BCUT2D eigenvalue weighted by molar-refractivity contribution is -0.140. The Morgan fingerprint density at radius 1 is 1.50 bits per heavy atom. The molecule has 0 fully saturated rings. The molecule has 1 aliphatic heterocycles. The van der Waals surface area contributed by atoms with Gasteiger partial charge in [-0.2, -0.15) is 0 Å². The summed E-state index contributed by atoms with van der Waals surface area (Å²) in [5, 5.41) is 0.738. The van der Waals surface area contributed by atoms with Crippen molar-refractivity contribution in [3.63, 3.8) is 0 Å². The van der Waals surface area contributed by atoms with E-state index in [1.165, 1.54) is 0 Å². The lowest BCUT2D eigenvalue weighted by Crippen LogP contribution is -2.51. The zero-order chi connectivity index (χ0) is 13.3. The monoisotopic (exact) mass is 311 g/mol. The van der Waals surface area contributed by atoms with Crippen LogP contribution in [0.1, 0.15) is 19.4 Å². The minimum absolute atomic E-state index is 0.0376. The summed E-state index contributed by atoms with van der Waals surface area (Å²) in [6.45, 7) is 4.06. The molecule has 0 saturated heterocycles. The largest absolute Gasteiger partial charge is 0.480 e. The van der Waals surface area contributed by atoms with E-state index >= 15 is 0 Å². The first-order chi connectivity index (χ1) is 8.45. The number of benzene rings is 1. The summed E-state index contributed by atoms with van der Waals surface area (Å²) in [5.41, 5.74) is 0.899. The molecule has 1 aliphatic rings. The highest BCUT2D eigenvalue weighted by Gasteiger charge is 2.35. The number of nitrogens with zero attached hydrogens (tertiary/aromatic N) is 1. The van der Waals surface area contributed by atoms with E-state index in [9.17, 15) is 4.79 Å². The fourth-order valence-corrected chi connectivity index (χ4v) is 2.30. The van der Waals surface area contributed by atoms with Gasteiger partial charge in [-0.1, -0.05) is 34.1 Å². The Balaban J connectivity index is 2.10. The summed E-state index contributed by atoms with van der Waals surface area (Å²) < 4.78 is 5.72. The van der Waals surface area contributed by atoms with E-state index in [2.05, 4.69) is 15.9 Å². The maximum absolute atomic E-state index is 12.4. The summed E-state index contributed by atoms with van der Waals surface area (Å²) >= 11 is 3.44. The highest BCUT2D eigenvalue weighted by atomic mass is 79.9. The predicted octanol–water partition coefficient (Wildman–Crippen LogP) is 2.62. The molecule has 98 valence electrons. The van der Waals surface area contributed by atoms with E-state index in [0.717, 1.165) is 16.6 Å². The Labute approximate surface area is 116 Å². The first-order valence-corrected chi connectivity index (χ1v) is 7.16. The van der Waals surface area contributed by atoms with Crippen LogP contribution in [-0.4, -0.2) is 34.8 Å². The topological polar surface area (TPSA) is 29.5 Å². The zero-order valence-electron chi connectivity index (χ0n) is 10.9. The second kappa shape index (κ2) is 4.92. The molecule has 0 aromatic heterocycles. The van der Waals surface area contributed by atoms with E-state index in [0.29, 0.717) is 6.42 Å². The van der Waals surface area contributed by atoms with Gasteiger partial charge in [-0.15, -0.1) is 0 Å². The quantitative estimate of drug-likeness (QED) is 0.803. The number of fused-ring (bicyclic) bond motifs is 1. The number of alkyl halides is 1. The molecule has 0 bridgehead atoms. The Kier molecular flexibility index (Phi) is 3.66. The first kappa shape index (κ1) is 13.4. The fraction of sp³-hybridized carbons (Fsp3) is 0.500. The van der Waals surface area contributed by atoms with Crippen LogP contribution in [-0.2, 0) is 11.2 Å². The van der Waals surface area contributed by atoms with Gasteiger partial charge in [0.1, 0.15) is 5.75 Å². The van der Waals surface area contributed by atoms with Gasteiger partial charge in [0.05, 0.1) is 0 Å². The Hall–Kier alpha value is -1.03. The van der Waals surface area contributed by atoms with Crippen LogP contribution in [0, 0.1) is 0 Å². The SMILES string of the molecule is CN(C(=O)C1Cc2ccccc2O1)C(C)(C)CBr. The smallest absolute Gasteiger partial charge is 0.264 e. The third-order valence-corrected chi connectivity index (χ3v) is 4.86. The van der Waals surface area contributed by atoms with Gasteiger partial charge in [-0.05, 0) is 25.5 Å². The average molecular weight is 312 g/mol. The molecule has 0 spiro atoms. The van der Waals surface area contributed by atoms with Crippen LogP contribution in [0.5, 0.6) is 5.75 Å². The van der Waals surface area contributed by atoms with E-state index in [1.54, 1.807) is 4.90 Å². The van der Waals surface area contributed by atoms with Crippen molar-refractivity contribution in [3.05, 3.63) is 29.8 Å². The summed E-state index contributed by atoms with van der Waals surface area (Å²) in [6.07, 6.45) is 0.281. The van der Waals surface area contributed by atoms with Crippen LogP contribution in [0.15, 0.2) is 24.3 Å². The van der Waals surface area contributed by atoms with Crippen molar-refractivity contribution < 1.29 is 9.53 Å². The highest BCUT2D eigenvalue weighted by molar-refractivity contribution is 9.09. The van der Waals surface area contributed by atoms with Gasteiger partial charge < -0.3 is 9.64 Å². The zero-order valence-corrected chi connectivity index (χ0v) is 12.5. The summed E-state index contributed by atoms with van der Waals surface area (Å²) in [4.78, 5) is 14.2. The Morgan fingerprint density at radius 3 is 2.78 bits per heavy atom. The lowest BCUT2D eigenvalue weighted by Gasteiger charge is -2.35. The first-order valence-electron chi connectivity index (χ1n) is 6.04. The second-order valence-electron chi connectivity index (χ2n) is 5.26. The molecule has 1 heterocycles. The summed E-state index contributed by atoms with van der Waals surface area (Å²) in [5.74, 6) is 0.872. The van der Waals surface area contributed by atoms with Crippen LogP contribution < -0.4 is 4.74 Å². The maximum atomic E-state index is 12.4. The number of hydrogen-bond acceptors (Lipinski definition) is 2. The van der Waals surface area contributed by atoms with Gasteiger partial charge >= 0.3 is 0 Å². The molecule has 0 aliphatic carbocycles. The molecule has 2 rings (SSSR count). The fourth-order valence-electron chi connectivity index (χ4n) is 1.92. The minimum atomic E-state index is -0.384. The molecule has 0 radical (unpaired) electrons. The molecular weight excluding hydrogens is 294 g/mol. The number of amides is 1. The number of halogens is 1. The lowest BCUT2D eigenvalue weighted by atomic mass is 10.0. The van der Waals surface area contributed by atoms with Crippen molar-refractivity contribution in [2.75, 3.05) is 12.4 Å². The molecule has 3 nitrogen and oxygen atoms in total. The van der Waals surface area contributed by atoms with Crippen molar-refractivity contribution in [1.82, 2.24) is 4.90 Å². The van der Waals surface area contributed by atoms with Gasteiger partial charge in [-0.25, -0.2) is 0 Å². The number of ether oxygens (including phenoxy) is 1. The molecule has 1 aromatic rings. The van der Waals surface area contributed by atoms with Gasteiger partial charge in [0.25, 0.3) is 5.91 Å². The van der Waals surface area contributed by atoms with Crippen LogP contribution >= 0.6 is 15.9 Å². The molecule has 1 unspecified atom stereocenters. The molecule has 1 amide bonds. The Morgan fingerprint density at radius 2 is 2.17 bits per heavy atom. The summed E-state index contributed by atoms with van der Waals surface area (Å²) in [7, 11) is 1.83. The molecule has 0 N–H and O–H groups in total.